The van der Waals surface area contributed by atoms with E-state index in [4.69, 9.17) is 5.73 Å². The minimum atomic E-state index is 0.437. The maximum atomic E-state index is 6.49. The van der Waals surface area contributed by atoms with E-state index < -0.39 is 0 Å². The number of hydrogen-bond acceptors (Lipinski definition) is 2. The summed E-state index contributed by atoms with van der Waals surface area (Å²) in [4.78, 5) is 2.81. The van der Waals surface area contributed by atoms with Gasteiger partial charge in [0.1, 0.15) is 0 Å². The highest BCUT2D eigenvalue weighted by atomic mass is 15.2. The number of rotatable bonds is 6. The van der Waals surface area contributed by atoms with Crippen molar-refractivity contribution in [3.63, 3.8) is 0 Å². The zero-order valence-electron chi connectivity index (χ0n) is 12.9. The summed E-state index contributed by atoms with van der Waals surface area (Å²) in [6.45, 7) is 7.48. The Morgan fingerprint density at radius 1 is 0.947 bits per heavy atom. The van der Waals surface area contributed by atoms with Crippen LogP contribution in [0.2, 0.25) is 0 Å². The van der Waals surface area contributed by atoms with Crippen LogP contribution in [0.3, 0.4) is 0 Å². The monoisotopic (exact) mass is 264 g/mol. The van der Waals surface area contributed by atoms with Crippen molar-refractivity contribution < 1.29 is 0 Å². The van der Waals surface area contributed by atoms with Gasteiger partial charge in [-0.05, 0) is 68.6 Å². The van der Waals surface area contributed by atoms with Crippen LogP contribution in [-0.4, -0.2) is 30.1 Å². The van der Waals surface area contributed by atoms with Crippen molar-refractivity contribution in [2.24, 2.45) is 29.4 Å². The second kappa shape index (κ2) is 5.73. The third-order valence-corrected chi connectivity index (χ3v) is 5.70. The van der Waals surface area contributed by atoms with Crippen LogP contribution < -0.4 is 5.73 Å². The van der Waals surface area contributed by atoms with Gasteiger partial charge in [-0.3, -0.25) is 4.90 Å². The van der Waals surface area contributed by atoms with Crippen LogP contribution in [0.1, 0.15) is 58.8 Å². The van der Waals surface area contributed by atoms with Crippen molar-refractivity contribution in [3.8, 4) is 0 Å². The van der Waals surface area contributed by atoms with Gasteiger partial charge in [-0.15, -0.1) is 0 Å². The molecule has 0 aliphatic heterocycles. The molecule has 3 aliphatic rings. The van der Waals surface area contributed by atoms with Gasteiger partial charge in [0, 0.05) is 25.2 Å². The van der Waals surface area contributed by atoms with Crippen molar-refractivity contribution in [1.29, 1.82) is 0 Å². The van der Waals surface area contributed by atoms with Crippen molar-refractivity contribution in [2.45, 2.75) is 70.9 Å². The second-order valence-corrected chi connectivity index (χ2v) is 7.89. The molecule has 3 aliphatic carbocycles. The molecule has 2 heteroatoms. The maximum absolute atomic E-state index is 6.49. The minimum absolute atomic E-state index is 0.437. The highest BCUT2D eigenvalue weighted by Crippen LogP contribution is 2.38. The Bertz CT molecular complexity index is 280. The molecule has 3 fully saturated rings. The topological polar surface area (TPSA) is 29.3 Å². The Morgan fingerprint density at radius 2 is 1.53 bits per heavy atom. The van der Waals surface area contributed by atoms with Crippen molar-refractivity contribution in [3.05, 3.63) is 0 Å². The maximum Gasteiger partial charge on any atom is 0.0250 e. The average Bonchev–Trinajstić information content (AvgIpc) is 3.23. The molecule has 3 saturated carbocycles. The van der Waals surface area contributed by atoms with Crippen LogP contribution in [0, 0.1) is 23.7 Å². The Kier molecular flexibility index (Phi) is 4.19. The first-order chi connectivity index (χ1) is 9.13. The largest absolute Gasteiger partial charge is 0.326 e. The lowest BCUT2D eigenvalue weighted by Crippen LogP contribution is -2.53. The third-order valence-electron chi connectivity index (χ3n) is 5.70. The predicted octanol–water partition coefficient (Wildman–Crippen LogP) is 3.26. The van der Waals surface area contributed by atoms with Crippen LogP contribution in [0.5, 0.6) is 0 Å². The summed E-state index contributed by atoms with van der Waals surface area (Å²) in [5.41, 5.74) is 6.49. The highest BCUT2D eigenvalue weighted by Gasteiger charge is 2.38. The van der Waals surface area contributed by atoms with E-state index >= 15 is 0 Å². The van der Waals surface area contributed by atoms with Gasteiger partial charge < -0.3 is 5.73 Å². The molecule has 0 saturated heterocycles. The molecule has 3 rings (SSSR count). The molecule has 0 radical (unpaired) electrons. The van der Waals surface area contributed by atoms with Gasteiger partial charge in [0.15, 0.2) is 0 Å². The van der Waals surface area contributed by atoms with E-state index in [1.165, 1.54) is 58.0 Å². The summed E-state index contributed by atoms with van der Waals surface area (Å²) in [6, 6.07) is 1.12. The molecule has 3 unspecified atom stereocenters. The first-order valence-electron chi connectivity index (χ1n) is 8.63. The van der Waals surface area contributed by atoms with Crippen molar-refractivity contribution in [1.82, 2.24) is 4.90 Å². The molecule has 0 aromatic heterocycles. The van der Waals surface area contributed by atoms with E-state index in [0.29, 0.717) is 12.1 Å². The number of nitrogens with zero attached hydrogens (tertiary/aromatic N) is 1. The SMILES string of the molecule is CC(C)C1CCC(N)C(N(CC2CC2)CC2CC2)C1. The molecule has 0 spiro atoms. The summed E-state index contributed by atoms with van der Waals surface area (Å²) in [7, 11) is 0. The van der Waals surface area contributed by atoms with E-state index in [1.54, 1.807) is 0 Å². The van der Waals surface area contributed by atoms with E-state index in [1.807, 2.05) is 0 Å². The van der Waals surface area contributed by atoms with Crippen molar-refractivity contribution in [2.75, 3.05) is 13.1 Å². The van der Waals surface area contributed by atoms with Gasteiger partial charge in [0.2, 0.25) is 0 Å². The molecule has 19 heavy (non-hydrogen) atoms. The molecular formula is C17H32N2. The molecule has 2 N–H and O–H groups in total. The normalized spacial score (nSPS) is 36.2. The predicted molar refractivity (Wildman–Crippen MR) is 81.0 cm³/mol. The Morgan fingerprint density at radius 3 is 2.00 bits per heavy atom. The standard InChI is InChI=1S/C17H32N2/c1-12(2)15-7-8-16(18)17(9-15)19(10-13-3-4-13)11-14-5-6-14/h12-17H,3-11,18H2,1-2H3. The molecule has 2 nitrogen and oxygen atoms in total. The fourth-order valence-electron chi connectivity index (χ4n) is 3.84. The van der Waals surface area contributed by atoms with Gasteiger partial charge in [0.25, 0.3) is 0 Å². The fraction of sp³-hybridized carbons (Fsp3) is 1.00. The van der Waals surface area contributed by atoms with Crippen LogP contribution in [0.15, 0.2) is 0 Å². The van der Waals surface area contributed by atoms with E-state index in [-0.39, 0.29) is 0 Å². The highest BCUT2D eigenvalue weighted by molar-refractivity contribution is 4.94. The number of nitrogens with two attached hydrogens (primary N) is 1. The van der Waals surface area contributed by atoms with Gasteiger partial charge in [-0.1, -0.05) is 13.8 Å². The lowest BCUT2D eigenvalue weighted by molar-refractivity contribution is 0.0883. The Hall–Kier alpha value is -0.0800. The summed E-state index contributed by atoms with van der Waals surface area (Å²) < 4.78 is 0. The lowest BCUT2D eigenvalue weighted by Gasteiger charge is -2.43. The Balaban J connectivity index is 1.62. The summed E-state index contributed by atoms with van der Waals surface area (Å²) >= 11 is 0. The van der Waals surface area contributed by atoms with Crippen LogP contribution in [0.4, 0.5) is 0 Å². The molecule has 0 amide bonds. The van der Waals surface area contributed by atoms with Gasteiger partial charge in [-0.2, -0.15) is 0 Å². The molecule has 0 bridgehead atoms. The first-order valence-corrected chi connectivity index (χ1v) is 8.63. The smallest absolute Gasteiger partial charge is 0.0250 e. The van der Waals surface area contributed by atoms with E-state index in [0.717, 1.165) is 23.7 Å². The summed E-state index contributed by atoms with van der Waals surface area (Å²) in [5.74, 6) is 3.75. The molecule has 0 heterocycles. The summed E-state index contributed by atoms with van der Waals surface area (Å²) in [6.07, 6.45) is 9.84. The Labute approximate surface area is 119 Å². The zero-order valence-corrected chi connectivity index (χ0v) is 12.9. The van der Waals surface area contributed by atoms with Crippen LogP contribution in [0.25, 0.3) is 0 Å². The average molecular weight is 264 g/mol. The quantitative estimate of drug-likeness (QED) is 0.798. The summed E-state index contributed by atoms with van der Waals surface area (Å²) in [5, 5.41) is 0. The minimum Gasteiger partial charge on any atom is -0.326 e. The fourth-order valence-corrected chi connectivity index (χ4v) is 3.84. The zero-order chi connectivity index (χ0) is 13.4. The van der Waals surface area contributed by atoms with Crippen LogP contribution in [-0.2, 0) is 0 Å². The van der Waals surface area contributed by atoms with Gasteiger partial charge in [0.05, 0.1) is 0 Å². The molecular weight excluding hydrogens is 232 g/mol. The molecule has 0 aromatic carbocycles. The van der Waals surface area contributed by atoms with E-state index in [9.17, 15) is 0 Å². The van der Waals surface area contributed by atoms with Gasteiger partial charge in [-0.25, -0.2) is 0 Å². The van der Waals surface area contributed by atoms with Crippen molar-refractivity contribution >= 4 is 0 Å². The van der Waals surface area contributed by atoms with Gasteiger partial charge >= 0.3 is 0 Å². The van der Waals surface area contributed by atoms with E-state index in [2.05, 4.69) is 18.7 Å². The van der Waals surface area contributed by atoms with Crippen LogP contribution >= 0.6 is 0 Å². The first kappa shape index (κ1) is 13.9. The molecule has 3 atom stereocenters. The second-order valence-electron chi connectivity index (χ2n) is 7.89. The third kappa shape index (κ3) is 3.72. The number of hydrogen-bond donors (Lipinski definition) is 1. The lowest BCUT2D eigenvalue weighted by atomic mass is 9.76. The molecule has 0 aromatic rings. The molecule has 110 valence electrons.